The molecule has 2 N–H and O–H groups in total. The van der Waals surface area contributed by atoms with Crippen LogP contribution in [0.3, 0.4) is 0 Å². The van der Waals surface area contributed by atoms with E-state index in [4.69, 9.17) is 4.74 Å². The van der Waals surface area contributed by atoms with Gasteiger partial charge in [-0.25, -0.2) is 0 Å². The molecule has 1 amide bonds. The minimum Gasteiger partial charge on any atom is -0.508 e. The first-order valence-corrected chi connectivity index (χ1v) is 11.2. The quantitative estimate of drug-likeness (QED) is 0.331. The van der Waals surface area contributed by atoms with Crippen molar-refractivity contribution in [3.63, 3.8) is 0 Å². The average Bonchev–Trinajstić information content (AvgIpc) is 3.31. The Balaban J connectivity index is 1.70. The van der Waals surface area contributed by atoms with Crippen molar-refractivity contribution in [2.75, 3.05) is 4.90 Å². The molecule has 0 bridgehead atoms. The summed E-state index contributed by atoms with van der Waals surface area (Å²) in [5.74, 6) is -0.984. The second-order valence-electron chi connectivity index (χ2n) is 8.99. The Morgan fingerprint density at radius 3 is 2.53 bits per heavy atom. The molecule has 6 nitrogen and oxygen atoms in total. The van der Waals surface area contributed by atoms with E-state index in [-0.39, 0.29) is 23.2 Å². The number of ether oxygens (including phenoxy) is 1. The highest BCUT2D eigenvalue weighted by Gasteiger charge is 2.47. The van der Waals surface area contributed by atoms with E-state index in [2.05, 4.69) is 0 Å². The Bertz CT molecular complexity index is 1370. The lowest BCUT2D eigenvalue weighted by molar-refractivity contribution is -0.132. The first-order valence-electron chi connectivity index (χ1n) is 11.2. The molecular weight excluding hydrogens is 430 g/mol. The van der Waals surface area contributed by atoms with Crippen molar-refractivity contribution in [1.29, 1.82) is 0 Å². The van der Waals surface area contributed by atoms with Crippen LogP contribution >= 0.6 is 0 Å². The van der Waals surface area contributed by atoms with Gasteiger partial charge in [0, 0.05) is 17.7 Å². The molecule has 5 rings (SSSR count). The number of aliphatic hydroxyl groups excluding tert-OH is 1. The smallest absolute Gasteiger partial charge is 0.300 e. The van der Waals surface area contributed by atoms with Gasteiger partial charge >= 0.3 is 0 Å². The van der Waals surface area contributed by atoms with Gasteiger partial charge in [0.05, 0.1) is 11.6 Å². The summed E-state index contributed by atoms with van der Waals surface area (Å²) < 4.78 is 5.75. The number of hydrogen-bond acceptors (Lipinski definition) is 5. The number of phenols is 1. The molecule has 34 heavy (non-hydrogen) atoms. The van der Waals surface area contributed by atoms with Gasteiger partial charge in [0.25, 0.3) is 11.7 Å². The average molecular weight is 456 g/mol. The summed E-state index contributed by atoms with van der Waals surface area (Å²) in [4.78, 5) is 28.0. The van der Waals surface area contributed by atoms with Crippen molar-refractivity contribution < 1.29 is 24.5 Å². The zero-order valence-corrected chi connectivity index (χ0v) is 19.2. The number of anilines is 1. The minimum atomic E-state index is -0.891. The van der Waals surface area contributed by atoms with Gasteiger partial charge in [-0.3, -0.25) is 14.5 Å². The highest BCUT2D eigenvalue weighted by molar-refractivity contribution is 6.51. The van der Waals surface area contributed by atoms with E-state index < -0.39 is 17.7 Å². The number of amides is 1. The molecular formula is C28H25NO5. The van der Waals surface area contributed by atoms with Crippen LogP contribution in [0.4, 0.5) is 5.69 Å². The highest BCUT2D eigenvalue weighted by Crippen LogP contribution is 2.43. The lowest BCUT2D eigenvalue weighted by atomic mass is 9.94. The molecule has 1 saturated heterocycles. The van der Waals surface area contributed by atoms with Gasteiger partial charge in [0.1, 0.15) is 23.4 Å². The lowest BCUT2D eigenvalue weighted by Gasteiger charge is -2.26. The van der Waals surface area contributed by atoms with Gasteiger partial charge in [0.15, 0.2) is 0 Å². The fourth-order valence-corrected chi connectivity index (χ4v) is 4.71. The van der Waals surface area contributed by atoms with E-state index in [1.165, 1.54) is 17.0 Å². The molecule has 172 valence electrons. The highest BCUT2D eigenvalue weighted by atomic mass is 16.5. The minimum absolute atomic E-state index is 0.00633. The normalized spacial score (nSPS) is 21.0. The van der Waals surface area contributed by atoms with Crippen molar-refractivity contribution >= 4 is 23.1 Å². The molecule has 0 aliphatic carbocycles. The van der Waals surface area contributed by atoms with Crippen molar-refractivity contribution in [3.05, 3.63) is 94.1 Å². The number of rotatable bonds is 3. The standard InChI is InChI=1S/C28H25NO5/c1-15-7-9-21(11-16(15)2)29-25(18-5-4-6-22(30)14-18)24(27(32)28(29)33)26(31)19-8-10-23-20(13-19)12-17(3)34-23/h4-11,13-14,17,25,30-31H,12H2,1-3H3/b26-24-. The second-order valence-corrected chi connectivity index (χ2v) is 8.99. The van der Waals surface area contributed by atoms with E-state index >= 15 is 0 Å². The number of carbonyl (C=O) groups excluding carboxylic acids is 2. The zero-order valence-electron chi connectivity index (χ0n) is 19.2. The van der Waals surface area contributed by atoms with Crippen LogP contribution in [0.5, 0.6) is 11.5 Å². The SMILES string of the molecule is Cc1ccc(N2C(=O)C(=O)/C(=C(\O)c3ccc4c(c3)CC(C)O4)C2c2cccc(O)c2)cc1C. The van der Waals surface area contributed by atoms with Crippen LogP contribution in [0.1, 0.15) is 40.8 Å². The molecule has 2 atom stereocenters. The maximum Gasteiger partial charge on any atom is 0.300 e. The molecule has 2 aliphatic rings. The summed E-state index contributed by atoms with van der Waals surface area (Å²) in [5.41, 5.74) is 4.48. The summed E-state index contributed by atoms with van der Waals surface area (Å²) in [5, 5.41) is 21.5. The largest absolute Gasteiger partial charge is 0.508 e. The third-order valence-corrected chi connectivity index (χ3v) is 6.57. The molecule has 0 radical (unpaired) electrons. The Labute approximate surface area is 197 Å². The summed E-state index contributed by atoms with van der Waals surface area (Å²) >= 11 is 0. The Morgan fingerprint density at radius 2 is 1.79 bits per heavy atom. The number of aromatic hydroxyl groups is 1. The number of nitrogens with zero attached hydrogens (tertiary/aromatic N) is 1. The molecule has 0 aromatic heterocycles. The molecule has 1 fully saturated rings. The summed E-state index contributed by atoms with van der Waals surface area (Å²) in [7, 11) is 0. The van der Waals surface area contributed by atoms with Crippen molar-refractivity contribution in [2.24, 2.45) is 0 Å². The molecule has 2 heterocycles. The van der Waals surface area contributed by atoms with Gasteiger partial charge in [-0.15, -0.1) is 0 Å². The van der Waals surface area contributed by atoms with E-state index in [9.17, 15) is 19.8 Å². The topological polar surface area (TPSA) is 87.1 Å². The van der Waals surface area contributed by atoms with Crippen molar-refractivity contribution in [3.8, 4) is 11.5 Å². The third kappa shape index (κ3) is 3.52. The Kier molecular flexibility index (Phi) is 5.16. The van der Waals surface area contributed by atoms with Crippen LogP contribution in [0.2, 0.25) is 0 Å². The number of phenolic OH excluding ortho intramolecular Hbond substituents is 1. The Hall–Kier alpha value is -4.06. The molecule has 3 aromatic rings. The van der Waals surface area contributed by atoms with Crippen LogP contribution in [-0.2, 0) is 16.0 Å². The van der Waals surface area contributed by atoms with Crippen LogP contribution in [-0.4, -0.2) is 28.0 Å². The number of fused-ring (bicyclic) bond motifs is 1. The van der Waals surface area contributed by atoms with E-state index in [0.717, 1.165) is 22.4 Å². The van der Waals surface area contributed by atoms with Crippen molar-refractivity contribution in [1.82, 2.24) is 0 Å². The predicted octanol–water partition coefficient (Wildman–Crippen LogP) is 4.96. The zero-order chi connectivity index (χ0) is 24.1. The second kappa shape index (κ2) is 8.06. The van der Waals surface area contributed by atoms with Gasteiger partial charge in [-0.1, -0.05) is 18.2 Å². The molecule has 2 unspecified atom stereocenters. The molecule has 6 heteroatoms. The van der Waals surface area contributed by atoms with Gasteiger partial charge in [-0.2, -0.15) is 0 Å². The molecule has 2 aliphatic heterocycles. The molecule has 3 aromatic carbocycles. The Morgan fingerprint density at radius 1 is 1.00 bits per heavy atom. The number of hydrogen-bond donors (Lipinski definition) is 2. The monoisotopic (exact) mass is 455 g/mol. The van der Waals surface area contributed by atoms with E-state index in [1.807, 2.05) is 32.9 Å². The van der Waals surface area contributed by atoms with Gasteiger partial charge < -0.3 is 14.9 Å². The van der Waals surface area contributed by atoms with Crippen LogP contribution in [0.15, 0.2) is 66.2 Å². The summed E-state index contributed by atoms with van der Waals surface area (Å²) in [6.07, 6.45) is 0.735. The first kappa shape index (κ1) is 21.8. The number of benzene rings is 3. The van der Waals surface area contributed by atoms with Crippen LogP contribution in [0.25, 0.3) is 5.76 Å². The predicted molar refractivity (Wildman–Crippen MR) is 129 cm³/mol. The number of carbonyl (C=O) groups is 2. The summed E-state index contributed by atoms with van der Waals surface area (Å²) in [6, 6.07) is 16.3. The maximum atomic E-state index is 13.3. The third-order valence-electron chi connectivity index (χ3n) is 6.57. The fraction of sp³-hybridized carbons (Fsp3) is 0.214. The molecule has 0 spiro atoms. The fourth-order valence-electron chi connectivity index (χ4n) is 4.71. The van der Waals surface area contributed by atoms with Crippen molar-refractivity contribution in [2.45, 2.75) is 39.3 Å². The van der Waals surface area contributed by atoms with Gasteiger partial charge in [-0.05, 0) is 85.5 Å². The first-order chi connectivity index (χ1) is 16.2. The summed E-state index contributed by atoms with van der Waals surface area (Å²) in [6.45, 7) is 5.88. The van der Waals surface area contributed by atoms with Crippen LogP contribution < -0.4 is 9.64 Å². The molecule has 0 saturated carbocycles. The lowest BCUT2D eigenvalue weighted by Crippen LogP contribution is -2.29. The number of aryl methyl sites for hydroxylation is 2. The van der Waals surface area contributed by atoms with E-state index in [0.29, 0.717) is 23.2 Å². The van der Waals surface area contributed by atoms with E-state index in [1.54, 1.807) is 36.4 Å². The van der Waals surface area contributed by atoms with Gasteiger partial charge in [0.2, 0.25) is 0 Å². The maximum absolute atomic E-state index is 13.3. The number of Topliss-reactive ketones (excluding diaryl/α,β-unsaturated/α-hetero) is 1. The number of ketones is 1. The van der Waals surface area contributed by atoms with Crippen LogP contribution in [0, 0.1) is 13.8 Å². The number of aliphatic hydroxyl groups is 1.